The van der Waals surface area contributed by atoms with Gasteiger partial charge >= 0.3 is 0 Å². The monoisotopic (exact) mass is 278 g/mol. The Morgan fingerprint density at radius 1 is 1.35 bits per heavy atom. The highest BCUT2D eigenvalue weighted by Crippen LogP contribution is 2.25. The maximum Gasteiger partial charge on any atom is 0.292 e. The normalized spacial score (nSPS) is 15.8. The van der Waals surface area contributed by atoms with Gasteiger partial charge in [-0.1, -0.05) is 6.07 Å². The van der Waals surface area contributed by atoms with E-state index in [4.69, 9.17) is 0 Å². The summed E-state index contributed by atoms with van der Waals surface area (Å²) in [6.45, 7) is 0.518. The third-order valence-corrected chi connectivity index (χ3v) is 2.95. The highest BCUT2D eigenvalue weighted by atomic mass is 16.6. The fourth-order valence-corrected chi connectivity index (χ4v) is 2.10. The number of carbonyl (C=O) groups is 2. The molecule has 0 unspecified atom stereocenters. The average molecular weight is 278 g/mol. The molecule has 1 aliphatic heterocycles. The van der Waals surface area contributed by atoms with Crippen LogP contribution in [0.3, 0.4) is 0 Å². The van der Waals surface area contributed by atoms with Crippen LogP contribution in [0.5, 0.6) is 0 Å². The van der Waals surface area contributed by atoms with Crippen molar-refractivity contribution in [2.24, 2.45) is 0 Å². The van der Waals surface area contributed by atoms with Gasteiger partial charge in [0.25, 0.3) is 5.69 Å². The van der Waals surface area contributed by atoms with E-state index in [9.17, 15) is 19.7 Å². The molecule has 0 saturated carbocycles. The molecule has 106 valence electrons. The Balaban J connectivity index is 2.17. The van der Waals surface area contributed by atoms with E-state index in [1.807, 2.05) is 0 Å². The largest absolute Gasteiger partial charge is 0.383 e. The van der Waals surface area contributed by atoms with Crippen molar-refractivity contribution in [2.75, 3.05) is 25.5 Å². The molecular formula is C12H14N4O4. The molecule has 1 aromatic rings. The summed E-state index contributed by atoms with van der Waals surface area (Å²) in [7, 11) is 1.61. The van der Waals surface area contributed by atoms with E-state index in [-0.39, 0.29) is 30.6 Å². The quantitative estimate of drug-likeness (QED) is 0.459. The summed E-state index contributed by atoms with van der Waals surface area (Å²) >= 11 is 0. The zero-order valence-electron chi connectivity index (χ0n) is 10.9. The Morgan fingerprint density at radius 2 is 2.00 bits per heavy atom. The van der Waals surface area contributed by atoms with Gasteiger partial charge in [0.2, 0.25) is 11.8 Å². The number of carbonyl (C=O) groups excluding carboxylic acids is 2. The number of hydrogen-bond acceptors (Lipinski definition) is 6. The lowest BCUT2D eigenvalue weighted by molar-refractivity contribution is -0.384. The number of piperazine rings is 1. The van der Waals surface area contributed by atoms with Gasteiger partial charge in [-0.25, -0.2) is 0 Å². The van der Waals surface area contributed by atoms with E-state index < -0.39 is 4.92 Å². The number of anilines is 1. The fraction of sp³-hybridized carbons (Fsp3) is 0.333. The molecule has 8 nitrogen and oxygen atoms in total. The van der Waals surface area contributed by atoms with Gasteiger partial charge in [0.05, 0.1) is 18.0 Å². The molecule has 2 N–H and O–H groups in total. The molecule has 0 spiro atoms. The van der Waals surface area contributed by atoms with Crippen LogP contribution < -0.4 is 10.6 Å². The van der Waals surface area contributed by atoms with Crippen LogP contribution >= 0.6 is 0 Å². The van der Waals surface area contributed by atoms with Gasteiger partial charge in [-0.2, -0.15) is 0 Å². The number of rotatable bonds is 4. The third-order valence-electron chi connectivity index (χ3n) is 2.95. The number of imide groups is 1. The second-order valence-corrected chi connectivity index (χ2v) is 4.48. The van der Waals surface area contributed by atoms with Gasteiger partial charge < -0.3 is 5.32 Å². The van der Waals surface area contributed by atoms with Gasteiger partial charge in [0.15, 0.2) is 0 Å². The average Bonchev–Trinajstić information content (AvgIpc) is 2.37. The summed E-state index contributed by atoms with van der Waals surface area (Å²) in [5, 5.41) is 15.9. The van der Waals surface area contributed by atoms with Crippen LogP contribution in [0.4, 0.5) is 11.4 Å². The number of hydrogen-bond donors (Lipinski definition) is 2. The van der Waals surface area contributed by atoms with Crippen molar-refractivity contribution >= 4 is 23.2 Å². The first-order valence-corrected chi connectivity index (χ1v) is 5.99. The van der Waals surface area contributed by atoms with Gasteiger partial charge in [0.1, 0.15) is 5.69 Å². The van der Waals surface area contributed by atoms with Crippen molar-refractivity contribution in [2.45, 2.75) is 6.54 Å². The molecule has 8 heteroatoms. The minimum atomic E-state index is -0.469. The van der Waals surface area contributed by atoms with Gasteiger partial charge in [0, 0.05) is 19.7 Å². The maximum atomic E-state index is 11.3. The van der Waals surface area contributed by atoms with Gasteiger partial charge in [-0.15, -0.1) is 0 Å². The zero-order chi connectivity index (χ0) is 14.7. The third kappa shape index (κ3) is 3.09. The first-order chi connectivity index (χ1) is 9.49. The number of nitrogens with one attached hydrogen (secondary N) is 2. The highest BCUT2D eigenvalue weighted by Gasteiger charge is 2.23. The van der Waals surface area contributed by atoms with Gasteiger partial charge in [-0.05, 0) is 11.6 Å². The van der Waals surface area contributed by atoms with E-state index in [1.165, 1.54) is 6.07 Å². The lowest BCUT2D eigenvalue weighted by Gasteiger charge is -2.25. The zero-order valence-corrected chi connectivity index (χ0v) is 10.9. The van der Waals surface area contributed by atoms with Crippen molar-refractivity contribution in [3.05, 3.63) is 33.9 Å². The molecule has 1 saturated heterocycles. The minimum absolute atomic E-state index is 0.0298. The molecule has 0 atom stereocenters. The van der Waals surface area contributed by atoms with E-state index >= 15 is 0 Å². The number of amides is 2. The molecule has 1 aliphatic rings. The molecule has 0 radical (unpaired) electrons. The molecule has 1 heterocycles. The summed E-state index contributed by atoms with van der Waals surface area (Å²) < 4.78 is 0. The van der Waals surface area contributed by atoms with Crippen LogP contribution in [-0.4, -0.2) is 41.8 Å². The molecule has 1 fully saturated rings. The number of nitro groups is 1. The summed E-state index contributed by atoms with van der Waals surface area (Å²) in [6.07, 6.45) is 0. The summed E-state index contributed by atoms with van der Waals surface area (Å²) in [5.74, 6) is -0.717. The van der Waals surface area contributed by atoms with Crippen LogP contribution in [0.25, 0.3) is 0 Å². The summed E-state index contributed by atoms with van der Waals surface area (Å²) in [5.41, 5.74) is 1.07. The molecular weight excluding hydrogens is 264 g/mol. The summed E-state index contributed by atoms with van der Waals surface area (Å²) in [6, 6.07) is 4.79. The second kappa shape index (κ2) is 5.66. The second-order valence-electron chi connectivity index (χ2n) is 4.48. The highest BCUT2D eigenvalue weighted by molar-refractivity contribution is 5.99. The van der Waals surface area contributed by atoms with Crippen LogP contribution in [0, 0.1) is 10.1 Å². The number of nitro benzene ring substituents is 1. The molecule has 20 heavy (non-hydrogen) atoms. The maximum absolute atomic E-state index is 11.3. The van der Waals surface area contributed by atoms with Gasteiger partial charge in [-0.3, -0.25) is 29.9 Å². The Bertz CT molecular complexity index is 557. The van der Waals surface area contributed by atoms with Crippen molar-refractivity contribution in [3.63, 3.8) is 0 Å². The van der Waals surface area contributed by atoms with E-state index in [0.717, 1.165) is 0 Å². The first kappa shape index (κ1) is 13.9. The standard InChI is InChI=1S/C12H14N4O4/c1-13-9-3-2-8(4-10(9)16(19)20)5-15-6-11(17)14-12(18)7-15/h2-4,13H,5-7H2,1H3,(H,14,17,18). The number of nitrogens with zero attached hydrogens (tertiary/aromatic N) is 2. The van der Waals surface area contributed by atoms with Crippen molar-refractivity contribution in [3.8, 4) is 0 Å². The van der Waals surface area contributed by atoms with E-state index in [1.54, 1.807) is 24.1 Å². The first-order valence-electron chi connectivity index (χ1n) is 5.99. The van der Waals surface area contributed by atoms with E-state index in [2.05, 4.69) is 10.6 Å². The van der Waals surface area contributed by atoms with Crippen molar-refractivity contribution < 1.29 is 14.5 Å². The Kier molecular flexibility index (Phi) is 3.94. The van der Waals surface area contributed by atoms with Crippen LogP contribution in [0.1, 0.15) is 5.56 Å². The predicted molar refractivity (Wildman–Crippen MR) is 71.1 cm³/mol. The number of benzene rings is 1. The summed E-state index contributed by atoms with van der Waals surface area (Å²) in [4.78, 5) is 34.6. The molecule has 0 aromatic heterocycles. The lowest BCUT2D eigenvalue weighted by Crippen LogP contribution is -2.50. The van der Waals surface area contributed by atoms with E-state index in [0.29, 0.717) is 17.8 Å². The lowest BCUT2D eigenvalue weighted by atomic mass is 10.1. The van der Waals surface area contributed by atoms with Crippen molar-refractivity contribution in [1.29, 1.82) is 0 Å². The minimum Gasteiger partial charge on any atom is -0.383 e. The van der Waals surface area contributed by atoms with Crippen LogP contribution in [0.15, 0.2) is 18.2 Å². The molecule has 2 rings (SSSR count). The van der Waals surface area contributed by atoms with Crippen LogP contribution in [-0.2, 0) is 16.1 Å². The van der Waals surface area contributed by atoms with Crippen LogP contribution in [0.2, 0.25) is 0 Å². The molecule has 2 amide bonds. The Hall–Kier alpha value is -2.48. The Labute approximate surface area is 114 Å². The van der Waals surface area contributed by atoms with Crippen molar-refractivity contribution in [1.82, 2.24) is 10.2 Å². The fourth-order valence-electron chi connectivity index (χ4n) is 2.10. The molecule has 0 aliphatic carbocycles. The predicted octanol–water partition coefficient (Wildman–Crippen LogP) is 0.0949. The SMILES string of the molecule is CNc1ccc(CN2CC(=O)NC(=O)C2)cc1[N+](=O)[O-]. The molecule has 0 bridgehead atoms. The topological polar surface area (TPSA) is 105 Å². The Morgan fingerprint density at radius 3 is 2.55 bits per heavy atom. The smallest absolute Gasteiger partial charge is 0.292 e. The molecule has 1 aromatic carbocycles.